The molecule has 24 heavy (non-hydrogen) atoms. The lowest BCUT2D eigenvalue weighted by Gasteiger charge is -2.15. The quantitative estimate of drug-likeness (QED) is 0.839. The zero-order valence-corrected chi connectivity index (χ0v) is 13.3. The lowest BCUT2D eigenvalue weighted by atomic mass is 9.98. The molecule has 0 spiro atoms. The summed E-state index contributed by atoms with van der Waals surface area (Å²) in [6, 6.07) is 9.22. The van der Waals surface area contributed by atoms with E-state index in [1.165, 1.54) is 36.4 Å². The molecular weight excluding hydrogens is 338 g/mol. The zero-order chi connectivity index (χ0) is 17.7. The first-order valence-corrected chi connectivity index (χ1v) is 7.51. The molecule has 0 fully saturated rings. The molecule has 2 amide bonds. The Hall–Kier alpha value is -2.47. The number of nitrogens with two attached hydrogens (primary N) is 1. The molecule has 126 valence electrons. The van der Waals surface area contributed by atoms with Crippen molar-refractivity contribution >= 4 is 23.4 Å². The Labute approximate surface area is 142 Å². The highest BCUT2D eigenvalue weighted by Gasteiger charge is 2.19. The molecule has 0 radical (unpaired) electrons. The summed E-state index contributed by atoms with van der Waals surface area (Å²) in [7, 11) is 0. The molecule has 2 aromatic carbocycles. The highest BCUT2D eigenvalue weighted by Crippen LogP contribution is 2.15. The number of halogens is 3. The molecule has 0 aromatic heterocycles. The molecule has 0 bridgehead atoms. The van der Waals surface area contributed by atoms with E-state index in [9.17, 15) is 18.4 Å². The second-order valence-electron chi connectivity index (χ2n) is 5.26. The first-order valence-electron chi connectivity index (χ1n) is 7.14. The predicted molar refractivity (Wildman–Crippen MR) is 86.5 cm³/mol. The maximum atomic E-state index is 13.6. The van der Waals surface area contributed by atoms with Crippen LogP contribution in [0.5, 0.6) is 0 Å². The van der Waals surface area contributed by atoms with Crippen LogP contribution in [0.2, 0.25) is 5.02 Å². The Morgan fingerprint density at radius 1 is 1.12 bits per heavy atom. The van der Waals surface area contributed by atoms with Crippen LogP contribution in [0.4, 0.5) is 8.78 Å². The van der Waals surface area contributed by atoms with E-state index in [0.29, 0.717) is 5.56 Å². The number of hydrogen-bond donors (Lipinski definition) is 2. The molecule has 4 nitrogen and oxygen atoms in total. The minimum absolute atomic E-state index is 0.0719. The van der Waals surface area contributed by atoms with Crippen LogP contribution >= 0.6 is 11.6 Å². The molecule has 3 N–H and O–H groups in total. The van der Waals surface area contributed by atoms with Crippen molar-refractivity contribution in [1.82, 2.24) is 5.32 Å². The van der Waals surface area contributed by atoms with Crippen molar-refractivity contribution in [3.05, 3.63) is 70.2 Å². The molecule has 1 unspecified atom stereocenters. The van der Waals surface area contributed by atoms with Crippen molar-refractivity contribution in [2.24, 2.45) is 11.7 Å². The van der Waals surface area contributed by atoms with Gasteiger partial charge >= 0.3 is 0 Å². The van der Waals surface area contributed by atoms with E-state index < -0.39 is 23.5 Å². The fraction of sp³-hybridized carbons (Fsp3) is 0.176. The number of nitrogens with one attached hydrogen (secondary N) is 1. The van der Waals surface area contributed by atoms with Gasteiger partial charge in [0.15, 0.2) is 0 Å². The summed E-state index contributed by atoms with van der Waals surface area (Å²) in [4.78, 5) is 23.6. The van der Waals surface area contributed by atoms with Gasteiger partial charge in [0.1, 0.15) is 11.6 Å². The summed E-state index contributed by atoms with van der Waals surface area (Å²) in [6.45, 7) is -0.0719. The van der Waals surface area contributed by atoms with Gasteiger partial charge in [-0.1, -0.05) is 23.7 Å². The second-order valence-corrected chi connectivity index (χ2v) is 5.70. The monoisotopic (exact) mass is 352 g/mol. The normalized spacial score (nSPS) is 11.8. The standard InChI is InChI=1S/C17H15ClF2N2O2/c18-12-3-6-15(20)14(8-12)17(24)22-9-11(16(21)23)7-10-1-4-13(19)5-2-10/h1-6,8,11H,7,9H2,(H2,21,23)(H,22,24). The predicted octanol–water partition coefficient (Wildman–Crippen LogP) is 2.69. The molecule has 2 rings (SSSR count). The Morgan fingerprint density at radius 3 is 2.42 bits per heavy atom. The lowest BCUT2D eigenvalue weighted by molar-refractivity contribution is -0.121. The average Bonchev–Trinajstić information content (AvgIpc) is 2.54. The van der Waals surface area contributed by atoms with Crippen molar-refractivity contribution in [3.63, 3.8) is 0 Å². The fourth-order valence-electron chi connectivity index (χ4n) is 2.16. The molecule has 0 saturated carbocycles. The van der Waals surface area contributed by atoms with Gasteiger partial charge in [0.05, 0.1) is 11.5 Å². The Morgan fingerprint density at radius 2 is 1.79 bits per heavy atom. The van der Waals surface area contributed by atoms with Crippen molar-refractivity contribution in [2.45, 2.75) is 6.42 Å². The van der Waals surface area contributed by atoms with Crippen LogP contribution in [0.1, 0.15) is 15.9 Å². The minimum atomic E-state index is -0.717. The Balaban J connectivity index is 2.03. The number of carbonyl (C=O) groups excluding carboxylic acids is 2. The maximum absolute atomic E-state index is 13.6. The van der Waals surface area contributed by atoms with Gasteiger partial charge in [-0.15, -0.1) is 0 Å². The van der Waals surface area contributed by atoms with Gasteiger partial charge in [0, 0.05) is 11.6 Å². The summed E-state index contributed by atoms with van der Waals surface area (Å²) in [5.74, 6) is -3.13. The molecule has 0 aliphatic rings. The number of amides is 2. The van der Waals surface area contributed by atoms with Crippen LogP contribution < -0.4 is 11.1 Å². The number of rotatable bonds is 6. The average molecular weight is 353 g/mol. The molecule has 0 aliphatic carbocycles. The molecule has 0 aliphatic heterocycles. The van der Waals surface area contributed by atoms with E-state index in [1.807, 2.05) is 0 Å². The van der Waals surface area contributed by atoms with Crippen LogP contribution in [-0.2, 0) is 11.2 Å². The number of carbonyl (C=O) groups is 2. The SMILES string of the molecule is NC(=O)C(CNC(=O)c1cc(Cl)ccc1F)Cc1ccc(F)cc1. The van der Waals surface area contributed by atoms with Crippen LogP contribution in [0, 0.1) is 17.6 Å². The summed E-state index contributed by atoms with van der Waals surface area (Å²) in [5.41, 5.74) is 5.82. The number of benzene rings is 2. The third-order valence-electron chi connectivity index (χ3n) is 3.48. The first-order chi connectivity index (χ1) is 11.4. The summed E-state index contributed by atoms with van der Waals surface area (Å²) in [5, 5.41) is 2.69. The second kappa shape index (κ2) is 7.88. The van der Waals surface area contributed by atoms with Crippen LogP contribution in [-0.4, -0.2) is 18.4 Å². The van der Waals surface area contributed by atoms with Gasteiger partial charge in [-0.25, -0.2) is 8.78 Å². The Bertz CT molecular complexity index is 751. The Kier molecular flexibility index (Phi) is 5.87. The molecule has 0 heterocycles. The molecule has 0 saturated heterocycles. The van der Waals surface area contributed by atoms with E-state index in [-0.39, 0.29) is 29.4 Å². The van der Waals surface area contributed by atoms with E-state index in [0.717, 1.165) is 6.07 Å². The van der Waals surface area contributed by atoms with E-state index in [2.05, 4.69) is 5.32 Å². The largest absolute Gasteiger partial charge is 0.369 e. The zero-order valence-electron chi connectivity index (χ0n) is 12.6. The minimum Gasteiger partial charge on any atom is -0.369 e. The number of primary amides is 1. The topological polar surface area (TPSA) is 72.2 Å². The van der Waals surface area contributed by atoms with E-state index in [1.54, 1.807) is 0 Å². The van der Waals surface area contributed by atoms with Gasteiger partial charge in [-0.3, -0.25) is 9.59 Å². The highest BCUT2D eigenvalue weighted by atomic mass is 35.5. The van der Waals surface area contributed by atoms with E-state index >= 15 is 0 Å². The van der Waals surface area contributed by atoms with Gasteiger partial charge in [0.2, 0.25) is 5.91 Å². The van der Waals surface area contributed by atoms with Gasteiger partial charge in [0.25, 0.3) is 5.91 Å². The molecule has 2 aromatic rings. The molecule has 1 atom stereocenters. The first kappa shape index (κ1) is 17.9. The molecular formula is C17H15ClF2N2O2. The van der Waals surface area contributed by atoms with Gasteiger partial charge < -0.3 is 11.1 Å². The van der Waals surface area contributed by atoms with Crippen molar-refractivity contribution in [1.29, 1.82) is 0 Å². The van der Waals surface area contributed by atoms with Crippen molar-refractivity contribution in [3.8, 4) is 0 Å². The summed E-state index contributed by atoms with van der Waals surface area (Å²) < 4.78 is 26.5. The van der Waals surface area contributed by atoms with Crippen LogP contribution in [0.25, 0.3) is 0 Å². The number of hydrogen-bond acceptors (Lipinski definition) is 2. The van der Waals surface area contributed by atoms with Gasteiger partial charge in [-0.05, 0) is 42.3 Å². The molecule has 7 heteroatoms. The smallest absolute Gasteiger partial charge is 0.254 e. The van der Waals surface area contributed by atoms with Crippen LogP contribution in [0.15, 0.2) is 42.5 Å². The van der Waals surface area contributed by atoms with Gasteiger partial charge in [-0.2, -0.15) is 0 Å². The maximum Gasteiger partial charge on any atom is 0.254 e. The summed E-state index contributed by atoms with van der Waals surface area (Å²) >= 11 is 5.74. The van der Waals surface area contributed by atoms with Crippen molar-refractivity contribution < 1.29 is 18.4 Å². The van der Waals surface area contributed by atoms with Crippen molar-refractivity contribution in [2.75, 3.05) is 6.54 Å². The lowest BCUT2D eigenvalue weighted by Crippen LogP contribution is -2.37. The highest BCUT2D eigenvalue weighted by molar-refractivity contribution is 6.31. The van der Waals surface area contributed by atoms with Crippen LogP contribution in [0.3, 0.4) is 0 Å². The third-order valence-corrected chi connectivity index (χ3v) is 3.71. The van der Waals surface area contributed by atoms with E-state index in [4.69, 9.17) is 17.3 Å². The summed E-state index contributed by atoms with van der Waals surface area (Å²) in [6.07, 6.45) is 0.230. The third kappa shape index (κ3) is 4.76. The fourth-order valence-corrected chi connectivity index (χ4v) is 2.33.